The van der Waals surface area contributed by atoms with Crippen LogP contribution in [0.3, 0.4) is 0 Å². The highest BCUT2D eigenvalue weighted by Crippen LogP contribution is 2.39. The first-order valence-electron chi connectivity index (χ1n) is 9.17. The molecule has 1 spiro atoms. The van der Waals surface area contributed by atoms with Crippen LogP contribution in [0.25, 0.3) is 0 Å². The standard InChI is InChI=1S/C19H22N4O4/c1-20-18(25)17-21-16(27-22-17)12-23-9-4-7-19(8-10-23)11-14(24)13-5-2-3-6-15(13)26-19/h2-3,5-6H,4,7-12H2,1H3,(H,20,25). The van der Waals surface area contributed by atoms with Gasteiger partial charge < -0.3 is 14.6 Å². The molecule has 142 valence electrons. The number of nitrogens with zero attached hydrogens (tertiary/aromatic N) is 3. The van der Waals surface area contributed by atoms with Gasteiger partial charge in [0.25, 0.3) is 11.7 Å². The molecule has 1 aromatic carbocycles. The van der Waals surface area contributed by atoms with Crippen LogP contribution in [0, 0.1) is 0 Å². The first-order valence-corrected chi connectivity index (χ1v) is 9.17. The van der Waals surface area contributed by atoms with E-state index in [1.807, 2.05) is 24.3 Å². The Labute approximate surface area is 156 Å². The number of amides is 1. The van der Waals surface area contributed by atoms with Crippen molar-refractivity contribution < 1.29 is 18.8 Å². The van der Waals surface area contributed by atoms with Crippen molar-refractivity contribution in [3.05, 3.63) is 41.5 Å². The zero-order valence-electron chi connectivity index (χ0n) is 15.2. The summed E-state index contributed by atoms with van der Waals surface area (Å²) >= 11 is 0. The van der Waals surface area contributed by atoms with Crippen LogP contribution in [0.1, 0.15) is 52.6 Å². The van der Waals surface area contributed by atoms with Crippen LogP contribution in [-0.2, 0) is 6.54 Å². The molecule has 0 bridgehead atoms. The lowest BCUT2D eigenvalue weighted by molar-refractivity contribution is 0.0296. The first-order chi connectivity index (χ1) is 13.1. The molecule has 0 aliphatic carbocycles. The number of hydrogen-bond donors (Lipinski definition) is 1. The van der Waals surface area contributed by atoms with E-state index in [1.54, 1.807) is 0 Å². The van der Waals surface area contributed by atoms with Gasteiger partial charge in [0.05, 0.1) is 18.5 Å². The van der Waals surface area contributed by atoms with Gasteiger partial charge in [-0.25, -0.2) is 0 Å². The molecule has 1 unspecified atom stereocenters. The molecule has 2 aromatic rings. The predicted molar refractivity (Wildman–Crippen MR) is 95.6 cm³/mol. The Morgan fingerprint density at radius 1 is 1.30 bits per heavy atom. The van der Waals surface area contributed by atoms with Gasteiger partial charge in [-0.05, 0) is 31.5 Å². The van der Waals surface area contributed by atoms with Crippen LogP contribution >= 0.6 is 0 Å². The van der Waals surface area contributed by atoms with Crippen LogP contribution in [0.2, 0.25) is 0 Å². The van der Waals surface area contributed by atoms with Crippen molar-refractivity contribution in [2.75, 3.05) is 20.1 Å². The highest BCUT2D eigenvalue weighted by atomic mass is 16.5. The fraction of sp³-hybridized carbons (Fsp3) is 0.474. The third-order valence-electron chi connectivity index (χ3n) is 5.24. The summed E-state index contributed by atoms with van der Waals surface area (Å²) in [6.07, 6.45) is 2.91. The van der Waals surface area contributed by atoms with E-state index in [-0.39, 0.29) is 17.5 Å². The number of fused-ring (bicyclic) bond motifs is 1. The number of nitrogens with one attached hydrogen (secondary N) is 1. The number of carbonyl (C=O) groups is 2. The van der Waals surface area contributed by atoms with Gasteiger partial charge in [-0.15, -0.1) is 0 Å². The van der Waals surface area contributed by atoms with Gasteiger partial charge in [0, 0.05) is 20.0 Å². The van der Waals surface area contributed by atoms with Crippen LogP contribution in [-0.4, -0.2) is 52.5 Å². The topological polar surface area (TPSA) is 97.6 Å². The molecule has 1 saturated heterocycles. The van der Waals surface area contributed by atoms with Gasteiger partial charge in [0.15, 0.2) is 5.78 Å². The summed E-state index contributed by atoms with van der Waals surface area (Å²) in [7, 11) is 1.52. The summed E-state index contributed by atoms with van der Waals surface area (Å²) in [5.41, 5.74) is 0.235. The monoisotopic (exact) mass is 370 g/mol. The van der Waals surface area contributed by atoms with Gasteiger partial charge in [0.1, 0.15) is 11.4 Å². The number of ketones is 1. The second kappa shape index (κ2) is 7.11. The molecular weight excluding hydrogens is 348 g/mol. The van der Waals surface area contributed by atoms with Crippen molar-refractivity contribution in [3.63, 3.8) is 0 Å². The lowest BCUT2D eigenvalue weighted by atomic mass is 9.84. The van der Waals surface area contributed by atoms with Crippen molar-refractivity contribution in [2.45, 2.75) is 37.8 Å². The van der Waals surface area contributed by atoms with Crippen molar-refractivity contribution in [3.8, 4) is 5.75 Å². The van der Waals surface area contributed by atoms with Crippen LogP contribution in [0.5, 0.6) is 5.75 Å². The Kier molecular flexibility index (Phi) is 4.65. The minimum atomic E-state index is -0.442. The lowest BCUT2D eigenvalue weighted by Gasteiger charge is -2.37. The fourth-order valence-corrected chi connectivity index (χ4v) is 3.82. The minimum absolute atomic E-state index is 0.0385. The third-order valence-corrected chi connectivity index (χ3v) is 5.24. The van der Waals surface area contributed by atoms with Gasteiger partial charge in [0.2, 0.25) is 5.89 Å². The number of para-hydroxylation sites is 1. The summed E-state index contributed by atoms with van der Waals surface area (Å²) in [6.45, 7) is 2.08. The van der Waals surface area contributed by atoms with Crippen molar-refractivity contribution in [1.82, 2.24) is 20.4 Å². The van der Waals surface area contributed by atoms with E-state index in [0.29, 0.717) is 30.2 Å². The summed E-state index contributed by atoms with van der Waals surface area (Å²) in [4.78, 5) is 30.5. The molecule has 0 radical (unpaired) electrons. The van der Waals surface area contributed by atoms with E-state index in [4.69, 9.17) is 9.26 Å². The number of hydrogen-bond acceptors (Lipinski definition) is 7. The number of benzene rings is 1. The number of aromatic nitrogens is 2. The van der Waals surface area contributed by atoms with E-state index >= 15 is 0 Å². The van der Waals surface area contributed by atoms with Crippen molar-refractivity contribution in [2.24, 2.45) is 0 Å². The van der Waals surface area contributed by atoms with E-state index in [2.05, 4.69) is 20.4 Å². The molecule has 8 heteroatoms. The number of Topliss-reactive ketones (excluding diaryl/α,β-unsaturated/α-hetero) is 1. The molecule has 27 heavy (non-hydrogen) atoms. The number of likely N-dealkylation sites (tertiary alicyclic amines) is 1. The molecule has 2 aliphatic rings. The normalized spacial score (nSPS) is 22.8. The molecule has 4 rings (SSSR count). The van der Waals surface area contributed by atoms with E-state index in [0.717, 1.165) is 32.4 Å². The molecule has 0 saturated carbocycles. The van der Waals surface area contributed by atoms with Crippen LogP contribution in [0.4, 0.5) is 0 Å². The van der Waals surface area contributed by atoms with Gasteiger partial charge in [-0.1, -0.05) is 17.3 Å². The molecule has 2 aliphatic heterocycles. The van der Waals surface area contributed by atoms with Gasteiger partial charge in [-0.2, -0.15) is 4.98 Å². The Morgan fingerprint density at radius 2 is 2.15 bits per heavy atom. The van der Waals surface area contributed by atoms with E-state index < -0.39 is 5.60 Å². The molecule has 1 fully saturated rings. The highest BCUT2D eigenvalue weighted by Gasteiger charge is 2.41. The number of ether oxygens (including phenoxy) is 1. The van der Waals surface area contributed by atoms with Crippen LogP contribution in [0.15, 0.2) is 28.8 Å². The summed E-state index contributed by atoms with van der Waals surface area (Å²) in [5.74, 6) is 0.923. The molecule has 1 aromatic heterocycles. The minimum Gasteiger partial charge on any atom is -0.486 e. The van der Waals surface area contributed by atoms with E-state index in [9.17, 15) is 9.59 Å². The zero-order valence-corrected chi connectivity index (χ0v) is 15.2. The summed E-state index contributed by atoms with van der Waals surface area (Å²) in [6, 6.07) is 7.46. The first kappa shape index (κ1) is 17.7. The molecule has 8 nitrogen and oxygen atoms in total. The Hall–Kier alpha value is -2.74. The average Bonchev–Trinajstić information content (AvgIpc) is 3.06. The van der Waals surface area contributed by atoms with Crippen molar-refractivity contribution in [1.29, 1.82) is 0 Å². The maximum Gasteiger partial charge on any atom is 0.292 e. The molecule has 1 amide bonds. The second-order valence-corrected chi connectivity index (χ2v) is 7.10. The zero-order chi connectivity index (χ0) is 18.9. The second-order valence-electron chi connectivity index (χ2n) is 7.10. The maximum absolute atomic E-state index is 12.6. The Morgan fingerprint density at radius 3 is 3.00 bits per heavy atom. The Bertz CT molecular complexity index is 865. The number of rotatable bonds is 3. The quantitative estimate of drug-likeness (QED) is 0.880. The highest BCUT2D eigenvalue weighted by molar-refractivity contribution is 6.00. The molecule has 1 N–H and O–H groups in total. The van der Waals surface area contributed by atoms with Gasteiger partial charge in [-0.3, -0.25) is 14.5 Å². The lowest BCUT2D eigenvalue weighted by Crippen LogP contribution is -2.42. The predicted octanol–water partition coefficient (Wildman–Crippen LogP) is 1.82. The fourth-order valence-electron chi connectivity index (χ4n) is 3.82. The largest absolute Gasteiger partial charge is 0.486 e. The van der Waals surface area contributed by atoms with Gasteiger partial charge >= 0.3 is 0 Å². The molecular formula is C19H22N4O4. The summed E-state index contributed by atoms with van der Waals surface area (Å²) in [5, 5.41) is 6.17. The SMILES string of the molecule is CNC(=O)c1noc(CN2CCCC3(CC2)CC(=O)c2ccccc2O3)n1. The maximum atomic E-state index is 12.6. The average molecular weight is 370 g/mol. The van der Waals surface area contributed by atoms with Crippen LogP contribution < -0.4 is 10.1 Å². The molecule has 3 heterocycles. The van der Waals surface area contributed by atoms with Crippen molar-refractivity contribution >= 4 is 11.7 Å². The molecule has 1 atom stereocenters. The Balaban J connectivity index is 1.43. The number of carbonyl (C=O) groups excluding carboxylic acids is 2. The van der Waals surface area contributed by atoms with E-state index in [1.165, 1.54) is 7.05 Å². The third kappa shape index (κ3) is 3.57. The smallest absolute Gasteiger partial charge is 0.292 e. The summed E-state index contributed by atoms with van der Waals surface area (Å²) < 4.78 is 11.5.